The number of nitrogens with zero attached hydrogens (tertiary/aromatic N) is 1. The average molecular weight is 392 g/mol. The van der Waals surface area contributed by atoms with Gasteiger partial charge in [0.2, 0.25) is 5.91 Å². The molecule has 3 N–H and O–H groups in total. The van der Waals surface area contributed by atoms with Crippen LogP contribution in [-0.2, 0) is 17.8 Å². The van der Waals surface area contributed by atoms with E-state index in [0.717, 1.165) is 18.2 Å². The lowest BCUT2D eigenvalue weighted by atomic mass is 10.1. The third kappa shape index (κ3) is 7.30. The van der Waals surface area contributed by atoms with Crippen LogP contribution >= 0.6 is 0 Å². The van der Waals surface area contributed by atoms with Crippen molar-refractivity contribution < 1.29 is 18.0 Å². The maximum absolute atomic E-state index is 13.7. The standard InChI is InChI=1S/C20H23F3N4O/c1-2-24-20(27-13-15-12-17(22)6-7-18(15)23)26-9-8-25-19(28)11-14-4-3-5-16(21)10-14/h3-7,10,12H,2,8-9,11,13H2,1H3,(H,25,28)(H2,24,26,27). The molecule has 28 heavy (non-hydrogen) atoms. The molecule has 2 aromatic carbocycles. The van der Waals surface area contributed by atoms with Crippen LogP contribution in [0.4, 0.5) is 13.2 Å². The molecule has 1 amide bonds. The number of carbonyl (C=O) groups excluding carboxylic acids is 1. The molecule has 0 heterocycles. The van der Waals surface area contributed by atoms with Crippen molar-refractivity contribution in [2.75, 3.05) is 19.6 Å². The van der Waals surface area contributed by atoms with E-state index in [1.54, 1.807) is 12.1 Å². The number of hydrogen-bond donors (Lipinski definition) is 3. The summed E-state index contributed by atoms with van der Waals surface area (Å²) in [6.07, 6.45) is 0.0881. The minimum Gasteiger partial charge on any atom is -0.357 e. The molecular formula is C20H23F3N4O. The summed E-state index contributed by atoms with van der Waals surface area (Å²) in [6.45, 7) is 3.15. The van der Waals surface area contributed by atoms with Gasteiger partial charge in [-0.25, -0.2) is 18.2 Å². The summed E-state index contributed by atoms with van der Waals surface area (Å²) in [6, 6.07) is 9.10. The predicted molar refractivity (Wildman–Crippen MR) is 102 cm³/mol. The van der Waals surface area contributed by atoms with Gasteiger partial charge in [-0.15, -0.1) is 0 Å². The summed E-state index contributed by atoms with van der Waals surface area (Å²) in [7, 11) is 0. The summed E-state index contributed by atoms with van der Waals surface area (Å²) in [5.74, 6) is -1.23. The summed E-state index contributed by atoms with van der Waals surface area (Å²) in [5.41, 5.74) is 0.748. The largest absolute Gasteiger partial charge is 0.357 e. The van der Waals surface area contributed by atoms with E-state index in [4.69, 9.17) is 0 Å². The van der Waals surface area contributed by atoms with Crippen molar-refractivity contribution in [3.8, 4) is 0 Å². The van der Waals surface area contributed by atoms with Crippen molar-refractivity contribution in [1.29, 1.82) is 0 Å². The topological polar surface area (TPSA) is 65.5 Å². The highest BCUT2D eigenvalue weighted by Crippen LogP contribution is 2.10. The molecule has 5 nitrogen and oxygen atoms in total. The molecule has 0 atom stereocenters. The minimum atomic E-state index is -0.523. The molecular weight excluding hydrogens is 369 g/mol. The van der Waals surface area contributed by atoms with E-state index in [1.807, 2.05) is 6.92 Å². The highest BCUT2D eigenvalue weighted by molar-refractivity contribution is 5.80. The Morgan fingerprint density at radius 1 is 0.964 bits per heavy atom. The lowest BCUT2D eigenvalue weighted by Crippen LogP contribution is -2.41. The van der Waals surface area contributed by atoms with Gasteiger partial charge in [0.05, 0.1) is 13.0 Å². The Kier molecular flexibility index (Phi) is 8.33. The van der Waals surface area contributed by atoms with Crippen molar-refractivity contribution in [2.45, 2.75) is 19.9 Å². The van der Waals surface area contributed by atoms with Crippen LogP contribution in [-0.4, -0.2) is 31.5 Å². The van der Waals surface area contributed by atoms with Gasteiger partial charge in [0.25, 0.3) is 0 Å². The number of hydrogen-bond acceptors (Lipinski definition) is 2. The van der Waals surface area contributed by atoms with Crippen LogP contribution in [0.2, 0.25) is 0 Å². The Bertz CT molecular complexity index is 827. The Balaban J connectivity index is 1.79. The fraction of sp³-hybridized carbons (Fsp3) is 0.300. The van der Waals surface area contributed by atoms with E-state index < -0.39 is 11.6 Å². The summed E-state index contributed by atoms with van der Waals surface area (Å²) in [4.78, 5) is 16.1. The Hall–Kier alpha value is -3.03. The molecule has 0 saturated carbocycles. The first kappa shape index (κ1) is 21.3. The maximum Gasteiger partial charge on any atom is 0.224 e. The zero-order chi connectivity index (χ0) is 20.4. The van der Waals surface area contributed by atoms with E-state index >= 15 is 0 Å². The summed E-state index contributed by atoms with van der Waals surface area (Å²) >= 11 is 0. The molecule has 0 aliphatic carbocycles. The van der Waals surface area contributed by atoms with Crippen LogP contribution in [0.3, 0.4) is 0 Å². The van der Waals surface area contributed by atoms with Gasteiger partial charge in [0.1, 0.15) is 17.5 Å². The van der Waals surface area contributed by atoms with Gasteiger partial charge < -0.3 is 16.0 Å². The van der Waals surface area contributed by atoms with Gasteiger partial charge in [-0.2, -0.15) is 0 Å². The van der Waals surface area contributed by atoms with Gasteiger partial charge in [-0.1, -0.05) is 12.1 Å². The number of guanidine groups is 1. The second-order valence-electron chi connectivity index (χ2n) is 6.01. The van der Waals surface area contributed by atoms with Crippen LogP contribution in [0.25, 0.3) is 0 Å². The SMILES string of the molecule is CCNC(=NCc1cc(F)ccc1F)NCCNC(=O)Cc1cccc(F)c1. The summed E-state index contributed by atoms with van der Waals surface area (Å²) in [5, 5.41) is 8.71. The predicted octanol–water partition coefficient (Wildman–Crippen LogP) is 2.52. The molecule has 0 aliphatic rings. The highest BCUT2D eigenvalue weighted by Gasteiger charge is 2.06. The third-order valence-electron chi connectivity index (χ3n) is 3.75. The van der Waals surface area contributed by atoms with Crippen LogP contribution < -0.4 is 16.0 Å². The van der Waals surface area contributed by atoms with Crippen molar-refractivity contribution >= 4 is 11.9 Å². The first-order valence-corrected chi connectivity index (χ1v) is 8.95. The molecule has 2 rings (SSSR count). The first-order valence-electron chi connectivity index (χ1n) is 8.95. The normalized spacial score (nSPS) is 11.2. The van der Waals surface area contributed by atoms with Crippen LogP contribution in [0, 0.1) is 17.5 Å². The first-order chi connectivity index (χ1) is 13.5. The van der Waals surface area contributed by atoms with E-state index in [2.05, 4.69) is 20.9 Å². The van der Waals surface area contributed by atoms with E-state index in [-0.39, 0.29) is 30.3 Å². The van der Waals surface area contributed by atoms with Gasteiger partial charge in [0, 0.05) is 25.2 Å². The van der Waals surface area contributed by atoms with Gasteiger partial charge in [-0.3, -0.25) is 4.79 Å². The van der Waals surface area contributed by atoms with Crippen molar-refractivity contribution in [1.82, 2.24) is 16.0 Å². The molecule has 0 radical (unpaired) electrons. The molecule has 150 valence electrons. The number of benzene rings is 2. The molecule has 8 heteroatoms. The van der Waals surface area contributed by atoms with Gasteiger partial charge >= 0.3 is 0 Å². The van der Waals surface area contributed by atoms with Gasteiger partial charge in [-0.05, 0) is 42.8 Å². The number of nitrogens with one attached hydrogen (secondary N) is 3. The summed E-state index contributed by atoms with van der Waals surface area (Å²) < 4.78 is 40.0. The average Bonchev–Trinajstić information content (AvgIpc) is 2.65. The maximum atomic E-state index is 13.7. The molecule has 0 fully saturated rings. The van der Waals surface area contributed by atoms with Crippen molar-refractivity contribution in [3.05, 3.63) is 71.0 Å². The third-order valence-corrected chi connectivity index (χ3v) is 3.75. The second-order valence-corrected chi connectivity index (χ2v) is 6.01. The number of carbonyl (C=O) groups is 1. The zero-order valence-corrected chi connectivity index (χ0v) is 15.6. The fourth-order valence-corrected chi connectivity index (χ4v) is 2.45. The fourth-order valence-electron chi connectivity index (χ4n) is 2.45. The Morgan fingerprint density at radius 3 is 2.46 bits per heavy atom. The van der Waals surface area contributed by atoms with E-state index in [9.17, 15) is 18.0 Å². The van der Waals surface area contributed by atoms with Crippen molar-refractivity contribution in [2.24, 2.45) is 4.99 Å². The lowest BCUT2D eigenvalue weighted by Gasteiger charge is -2.12. The van der Waals surface area contributed by atoms with Gasteiger partial charge in [0.15, 0.2) is 5.96 Å². The number of rotatable bonds is 8. The molecule has 0 aliphatic heterocycles. The number of aliphatic imine (C=N–C) groups is 1. The minimum absolute atomic E-state index is 0.0230. The Labute approximate surface area is 162 Å². The molecule has 0 aromatic heterocycles. The van der Waals surface area contributed by atoms with E-state index in [1.165, 1.54) is 12.1 Å². The molecule has 0 spiro atoms. The molecule has 0 bridgehead atoms. The number of amides is 1. The molecule has 0 unspecified atom stereocenters. The highest BCUT2D eigenvalue weighted by atomic mass is 19.1. The number of halogens is 3. The van der Waals surface area contributed by atoms with E-state index in [0.29, 0.717) is 31.2 Å². The molecule has 2 aromatic rings. The monoisotopic (exact) mass is 392 g/mol. The second kappa shape index (κ2) is 11.0. The Morgan fingerprint density at radius 2 is 1.71 bits per heavy atom. The van der Waals surface area contributed by atoms with Crippen LogP contribution in [0.5, 0.6) is 0 Å². The zero-order valence-electron chi connectivity index (χ0n) is 15.6. The lowest BCUT2D eigenvalue weighted by molar-refractivity contribution is -0.120. The quantitative estimate of drug-likeness (QED) is 0.368. The smallest absolute Gasteiger partial charge is 0.224 e. The van der Waals surface area contributed by atoms with Crippen LogP contribution in [0.15, 0.2) is 47.5 Å². The van der Waals surface area contributed by atoms with Crippen LogP contribution in [0.1, 0.15) is 18.1 Å². The van der Waals surface area contributed by atoms with Crippen molar-refractivity contribution in [3.63, 3.8) is 0 Å². The molecule has 0 saturated heterocycles.